The summed E-state index contributed by atoms with van der Waals surface area (Å²) in [5.41, 5.74) is 1.06. The summed E-state index contributed by atoms with van der Waals surface area (Å²) in [5, 5.41) is 7.42. The van der Waals surface area contributed by atoms with Gasteiger partial charge in [-0.3, -0.25) is 0 Å². The highest BCUT2D eigenvalue weighted by molar-refractivity contribution is 7.89. The Bertz CT molecular complexity index is 652. The second kappa shape index (κ2) is 5.14. The molecule has 0 aliphatic rings. The average Bonchev–Trinajstić information content (AvgIpc) is 2.86. The molecule has 0 amide bonds. The molecule has 8 heteroatoms. The lowest BCUT2D eigenvalue weighted by atomic mass is 10.3. The lowest BCUT2D eigenvalue weighted by molar-refractivity contribution is 0.390. The minimum Gasteiger partial charge on any atom is -0.361 e. The lowest BCUT2D eigenvalue weighted by Crippen LogP contribution is -2.26. The highest BCUT2D eigenvalue weighted by Gasteiger charge is 2.23. The fourth-order valence-corrected chi connectivity index (χ4v) is 3.14. The van der Waals surface area contributed by atoms with Gasteiger partial charge in [0.05, 0.1) is 5.69 Å². The predicted molar refractivity (Wildman–Crippen MR) is 66.1 cm³/mol. The van der Waals surface area contributed by atoms with Crippen LogP contribution in [0, 0.1) is 20.8 Å². The number of nitrogens with one attached hydrogen (secondary N) is 1. The molecular formula is C11H15N3O4S. The van der Waals surface area contributed by atoms with Gasteiger partial charge in [-0.25, -0.2) is 13.1 Å². The molecule has 7 nitrogen and oxygen atoms in total. The van der Waals surface area contributed by atoms with E-state index in [1.54, 1.807) is 26.8 Å². The number of nitrogens with zero attached hydrogens (tertiary/aromatic N) is 2. The molecule has 2 aromatic heterocycles. The third kappa shape index (κ3) is 3.02. The summed E-state index contributed by atoms with van der Waals surface area (Å²) in [5.74, 6) is 0.978. The van der Waals surface area contributed by atoms with Crippen molar-refractivity contribution in [3.63, 3.8) is 0 Å². The molecule has 104 valence electrons. The summed E-state index contributed by atoms with van der Waals surface area (Å²) in [6, 6.07) is 1.77. The normalized spacial score (nSPS) is 11.9. The molecular weight excluding hydrogens is 270 g/mol. The van der Waals surface area contributed by atoms with Crippen molar-refractivity contribution in [2.45, 2.75) is 32.1 Å². The highest BCUT2D eigenvalue weighted by atomic mass is 32.2. The minimum absolute atomic E-state index is 0.101. The van der Waals surface area contributed by atoms with E-state index in [-0.39, 0.29) is 17.2 Å². The third-order valence-corrected chi connectivity index (χ3v) is 4.29. The zero-order valence-electron chi connectivity index (χ0n) is 10.9. The number of rotatable bonds is 5. The Kier molecular flexibility index (Phi) is 3.72. The van der Waals surface area contributed by atoms with Crippen LogP contribution in [0.15, 0.2) is 20.0 Å². The van der Waals surface area contributed by atoms with Crippen molar-refractivity contribution in [1.29, 1.82) is 0 Å². The highest BCUT2D eigenvalue weighted by Crippen LogP contribution is 2.18. The van der Waals surface area contributed by atoms with Crippen molar-refractivity contribution >= 4 is 10.0 Å². The molecule has 0 radical (unpaired) electrons. The van der Waals surface area contributed by atoms with Crippen LogP contribution >= 0.6 is 0 Å². The van der Waals surface area contributed by atoms with E-state index in [0.717, 1.165) is 0 Å². The third-order valence-electron chi connectivity index (χ3n) is 2.59. The summed E-state index contributed by atoms with van der Waals surface area (Å²) < 4.78 is 36.4. The van der Waals surface area contributed by atoms with E-state index in [9.17, 15) is 8.42 Å². The standard InChI is InChI=1S/C11H15N3O4S/c1-7-6-10(14-17-7)4-5-12-19(15,16)11-8(2)13-18-9(11)3/h6,12H,4-5H2,1-3H3. The van der Waals surface area contributed by atoms with Crippen molar-refractivity contribution < 1.29 is 17.5 Å². The summed E-state index contributed by atoms with van der Waals surface area (Å²) >= 11 is 0. The van der Waals surface area contributed by atoms with Gasteiger partial charge in [0.2, 0.25) is 10.0 Å². The Labute approximate surface area is 111 Å². The van der Waals surface area contributed by atoms with Crippen molar-refractivity contribution in [3.05, 3.63) is 29.0 Å². The van der Waals surface area contributed by atoms with Gasteiger partial charge in [0, 0.05) is 19.0 Å². The summed E-state index contributed by atoms with van der Waals surface area (Å²) in [6.45, 7) is 5.17. The number of aryl methyl sites for hydroxylation is 3. The van der Waals surface area contributed by atoms with E-state index in [2.05, 4.69) is 15.0 Å². The fraction of sp³-hybridized carbons (Fsp3) is 0.455. The maximum Gasteiger partial charge on any atom is 0.245 e. The molecule has 0 saturated carbocycles. The zero-order valence-corrected chi connectivity index (χ0v) is 11.7. The lowest BCUT2D eigenvalue weighted by Gasteiger charge is -2.04. The van der Waals surface area contributed by atoms with Crippen LogP contribution in [0.1, 0.15) is 22.9 Å². The Morgan fingerprint density at radius 1 is 1.21 bits per heavy atom. The van der Waals surface area contributed by atoms with Crippen molar-refractivity contribution in [1.82, 2.24) is 15.0 Å². The molecule has 1 N–H and O–H groups in total. The Balaban J connectivity index is 2.03. The van der Waals surface area contributed by atoms with Gasteiger partial charge in [-0.2, -0.15) is 0 Å². The molecule has 0 spiro atoms. The fourth-order valence-electron chi connectivity index (χ4n) is 1.78. The zero-order chi connectivity index (χ0) is 14.0. The predicted octanol–water partition coefficient (Wildman–Crippen LogP) is 1.11. The monoisotopic (exact) mass is 285 g/mol. The van der Waals surface area contributed by atoms with E-state index in [0.29, 0.717) is 23.6 Å². The molecule has 0 atom stereocenters. The van der Waals surface area contributed by atoms with Crippen LogP contribution in [0.5, 0.6) is 0 Å². The van der Waals surface area contributed by atoms with Gasteiger partial charge in [0.25, 0.3) is 0 Å². The molecule has 19 heavy (non-hydrogen) atoms. The van der Waals surface area contributed by atoms with Crippen LogP contribution in [0.4, 0.5) is 0 Å². The first-order valence-electron chi connectivity index (χ1n) is 5.75. The van der Waals surface area contributed by atoms with Gasteiger partial charge in [-0.05, 0) is 20.8 Å². The van der Waals surface area contributed by atoms with Gasteiger partial charge >= 0.3 is 0 Å². The van der Waals surface area contributed by atoms with Crippen LogP contribution in [0.3, 0.4) is 0 Å². The molecule has 0 aliphatic carbocycles. The van der Waals surface area contributed by atoms with Crippen molar-refractivity contribution in [2.75, 3.05) is 6.54 Å². The SMILES string of the molecule is Cc1cc(CCNS(=O)(=O)c2c(C)noc2C)no1. The number of aromatic nitrogens is 2. The molecule has 0 aliphatic heterocycles. The first kappa shape index (κ1) is 13.8. The molecule has 0 bridgehead atoms. The van der Waals surface area contributed by atoms with Crippen molar-refractivity contribution in [2.24, 2.45) is 0 Å². The quantitative estimate of drug-likeness (QED) is 0.883. The van der Waals surface area contributed by atoms with Gasteiger partial charge in [-0.1, -0.05) is 10.3 Å². The first-order chi connectivity index (χ1) is 8.90. The van der Waals surface area contributed by atoms with E-state index in [1.165, 1.54) is 0 Å². The maximum absolute atomic E-state index is 12.1. The number of sulfonamides is 1. The molecule has 2 aromatic rings. The topological polar surface area (TPSA) is 98.2 Å². The maximum atomic E-state index is 12.1. The van der Waals surface area contributed by atoms with Crippen LogP contribution in [-0.4, -0.2) is 25.3 Å². The molecule has 0 saturated heterocycles. The molecule has 2 rings (SSSR count). The van der Waals surface area contributed by atoms with Gasteiger partial charge in [0.1, 0.15) is 16.3 Å². The summed E-state index contributed by atoms with van der Waals surface area (Å²) in [7, 11) is -3.61. The van der Waals surface area contributed by atoms with Crippen LogP contribution in [-0.2, 0) is 16.4 Å². The van der Waals surface area contributed by atoms with Crippen molar-refractivity contribution in [3.8, 4) is 0 Å². The summed E-state index contributed by atoms with van der Waals surface area (Å²) in [4.78, 5) is 0.101. The average molecular weight is 285 g/mol. The smallest absolute Gasteiger partial charge is 0.245 e. The molecule has 0 aromatic carbocycles. The largest absolute Gasteiger partial charge is 0.361 e. The van der Waals surface area contributed by atoms with E-state index >= 15 is 0 Å². The minimum atomic E-state index is -3.61. The Morgan fingerprint density at radius 2 is 1.95 bits per heavy atom. The Morgan fingerprint density at radius 3 is 2.47 bits per heavy atom. The van der Waals surface area contributed by atoms with E-state index < -0.39 is 10.0 Å². The van der Waals surface area contributed by atoms with E-state index in [4.69, 9.17) is 9.05 Å². The first-order valence-corrected chi connectivity index (χ1v) is 7.23. The number of hydrogen-bond donors (Lipinski definition) is 1. The van der Waals surface area contributed by atoms with Crippen LogP contribution < -0.4 is 4.72 Å². The van der Waals surface area contributed by atoms with Gasteiger partial charge < -0.3 is 9.05 Å². The van der Waals surface area contributed by atoms with Crippen LogP contribution in [0.25, 0.3) is 0 Å². The Hall–Kier alpha value is -1.67. The molecule has 2 heterocycles. The number of hydrogen-bond acceptors (Lipinski definition) is 6. The molecule has 0 unspecified atom stereocenters. The summed E-state index contributed by atoms with van der Waals surface area (Å²) in [6.07, 6.45) is 0.458. The van der Waals surface area contributed by atoms with E-state index in [1.807, 2.05) is 0 Å². The van der Waals surface area contributed by atoms with Gasteiger partial charge in [-0.15, -0.1) is 0 Å². The second-order valence-corrected chi connectivity index (χ2v) is 5.93. The van der Waals surface area contributed by atoms with Crippen LogP contribution in [0.2, 0.25) is 0 Å². The second-order valence-electron chi connectivity index (χ2n) is 4.23. The van der Waals surface area contributed by atoms with Gasteiger partial charge in [0.15, 0.2) is 5.76 Å². The molecule has 0 fully saturated rings.